The number of thioether (sulfide) groups is 1. The molecule has 73 valence electrons. The molecule has 0 saturated carbocycles. The Labute approximate surface area is 83.2 Å². The quantitative estimate of drug-likeness (QED) is 0.520. The van der Waals surface area contributed by atoms with Gasteiger partial charge in [0, 0.05) is 25.2 Å². The van der Waals surface area contributed by atoms with Gasteiger partial charge in [0.2, 0.25) is 0 Å². The molecule has 0 saturated heterocycles. The van der Waals surface area contributed by atoms with Crippen molar-refractivity contribution in [2.75, 3.05) is 12.4 Å². The monoisotopic (exact) mass is 199 g/mol. The smallest absolute Gasteiger partial charge is 0.167 e. The van der Waals surface area contributed by atoms with E-state index < -0.39 is 0 Å². The van der Waals surface area contributed by atoms with E-state index in [1.807, 2.05) is 17.8 Å². The van der Waals surface area contributed by atoms with Gasteiger partial charge in [-0.2, -0.15) is 0 Å². The molecule has 0 aliphatic heterocycles. The topological polar surface area (TPSA) is 37.7 Å². The lowest BCUT2D eigenvalue weighted by Gasteiger charge is -2.00. The number of aryl methyl sites for hydroxylation is 1. The molecule has 1 aromatic heterocycles. The van der Waals surface area contributed by atoms with Crippen molar-refractivity contribution in [3.8, 4) is 0 Å². The molecule has 0 N–H and O–H groups in total. The largest absolute Gasteiger partial charge is 0.329 e. The zero-order valence-electron chi connectivity index (χ0n) is 7.90. The van der Waals surface area contributed by atoms with E-state index in [0.717, 1.165) is 30.2 Å². The fraction of sp³-hybridized carbons (Fsp3) is 0.667. The lowest BCUT2D eigenvalue weighted by atomic mass is 10.3. The minimum absolute atomic E-state index is 0.0626. The molecule has 0 atom stereocenters. The maximum absolute atomic E-state index is 10.2. The van der Waals surface area contributed by atoms with Gasteiger partial charge in [-0.25, -0.2) is 10.1 Å². The number of nitrogens with zero attached hydrogens (tertiary/aromatic N) is 2. The molecule has 1 radical (unpaired) electrons. The second-order valence-corrected chi connectivity index (χ2v) is 4.00. The van der Waals surface area contributed by atoms with Crippen molar-refractivity contribution in [1.29, 1.82) is 0 Å². The molecule has 0 bridgehead atoms. The molecule has 0 aromatic carbocycles. The number of aromatic nitrogens is 2. The van der Waals surface area contributed by atoms with Gasteiger partial charge in [0.05, 0.1) is 6.61 Å². The average molecular weight is 199 g/mol. The third kappa shape index (κ3) is 3.83. The maximum Gasteiger partial charge on any atom is 0.167 e. The Morgan fingerprint density at radius 3 is 2.92 bits per heavy atom. The highest BCUT2D eigenvalue weighted by molar-refractivity contribution is 7.99. The van der Waals surface area contributed by atoms with E-state index in [4.69, 9.17) is 0 Å². The molecule has 0 aliphatic carbocycles. The van der Waals surface area contributed by atoms with Crippen LogP contribution in [0.2, 0.25) is 0 Å². The molecule has 13 heavy (non-hydrogen) atoms. The Kier molecular flexibility index (Phi) is 4.93. The Bertz CT molecular complexity index is 237. The number of unbranched alkanes of at least 4 members (excludes halogenated alkanes) is 2. The summed E-state index contributed by atoms with van der Waals surface area (Å²) < 4.78 is 2.01. The predicted octanol–water partition coefficient (Wildman–Crippen LogP) is 2.11. The molecular weight excluding hydrogens is 184 g/mol. The normalized spacial score (nSPS) is 10.6. The molecular formula is C9H15N2OS. The van der Waals surface area contributed by atoms with E-state index in [1.165, 1.54) is 0 Å². The third-order valence-electron chi connectivity index (χ3n) is 1.80. The highest BCUT2D eigenvalue weighted by Gasteiger charge is 1.98. The summed E-state index contributed by atoms with van der Waals surface area (Å²) in [6.45, 7) is 0.0626. The SMILES string of the molecule is Cn1ccnc1SCCCCC[O]. The zero-order valence-corrected chi connectivity index (χ0v) is 8.72. The zero-order chi connectivity index (χ0) is 9.52. The Balaban J connectivity index is 2.10. The molecule has 0 amide bonds. The Hall–Kier alpha value is -0.480. The van der Waals surface area contributed by atoms with Crippen molar-refractivity contribution in [3.05, 3.63) is 12.4 Å². The van der Waals surface area contributed by atoms with Crippen LogP contribution in [0.4, 0.5) is 0 Å². The summed E-state index contributed by atoms with van der Waals surface area (Å²) in [5, 5.41) is 11.2. The van der Waals surface area contributed by atoms with Gasteiger partial charge in [0.1, 0.15) is 0 Å². The summed E-state index contributed by atoms with van der Waals surface area (Å²) in [6, 6.07) is 0. The first kappa shape index (κ1) is 10.6. The molecule has 4 heteroatoms. The summed E-state index contributed by atoms with van der Waals surface area (Å²) in [6.07, 6.45) is 6.71. The van der Waals surface area contributed by atoms with Crippen LogP contribution in [0, 0.1) is 0 Å². The van der Waals surface area contributed by atoms with E-state index in [1.54, 1.807) is 18.0 Å². The fourth-order valence-corrected chi connectivity index (χ4v) is 1.97. The van der Waals surface area contributed by atoms with Crippen LogP contribution in [0.15, 0.2) is 17.6 Å². The van der Waals surface area contributed by atoms with Crippen LogP contribution >= 0.6 is 11.8 Å². The van der Waals surface area contributed by atoms with E-state index in [-0.39, 0.29) is 6.61 Å². The first-order chi connectivity index (χ1) is 6.34. The van der Waals surface area contributed by atoms with Crippen LogP contribution in [-0.2, 0) is 12.2 Å². The first-order valence-corrected chi connectivity index (χ1v) is 5.51. The number of rotatable bonds is 6. The molecule has 1 aromatic rings. The van der Waals surface area contributed by atoms with Crippen molar-refractivity contribution in [2.45, 2.75) is 24.4 Å². The minimum atomic E-state index is 0.0626. The van der Waals surface area contributed by atoms with Crippen molar-refractivity contribution in [2.24, 2.45) is 7.05 Å². The number of hydrogen-bond donors (Lipinski definition) is 0. The molecule has 0 unspecified atom stereocenters. The average Bonchev–Trinajstić information content (AvgIpc) is 2.52. The molecule has 0 aliphatic rings. The number of imidazole rings is 1. The molecule has 3 nitrogen and oxygen atoms in total. The Morgan fingerprint density at radius 2 is 2.31 bits per heavy atom. The van der Waals surface area contributed by atoms with E-state index >= 15 is 0 Å². The van der Waals surface area contributed by atoms with Gasteiger partial charge >= 0.3 is 0 Å². The van der Waals surface area contributed by atoms with Gasteiger partial charge in [0.15, 0.2) is 5.16 Å². The second-order valence-electron chi connectivity index (χ2n) is 2.93. The fourth-order valence-electron chi connectivity index (χ4n) is 1.04. The molecule has 0 fully saturated rings. The van der Waals surface area contributed by atoms with Crippen LogP contribution in [0.3, 0.4) is 0 Å². The van der Waals surface area contributed by atoms with Gasteiger partial charge in [-0.05, 0) is 12.8 Å². The van der Waals surface area contributed by atoms with Crippen molar-refractivity contribution >= 4 is 11.8 Å². The van der Waals surface area contributed by atoms with Crippen LogP contribution in [0.25, 0.3) is 0 Å². The first-order valence-electron chi connectivity index (χ1n) is 4.53. The second kappa shape index (κ2) is 6.05. The van der Waals surface area contributed by atoms with Gasteiger partial charge in [-0.1, -0.05) is 18.2 Å². The van der Waals surface area contributed by atoms with Crippen LogP contribution in [-0.4, -0.2) is 21.9 Å². The van der Waals surface area contributed by atoms with Crippen LogP contribution in [0.1, 0.15) is 19.3 Å². The van der Waals surface area contributed by atoms with E-state index in [9.17, 15) is 5.11 Å². The van der Waals surface area contributed by atoms with Crippen LogP contribution in [0.5, 0.6) is 0 Å². The Morgan fingerprint density at radius 1 is 1.46 bits per heavy atom. The molecule has 1 rings (SSSR count). The van der Waals surface area contributed by atoms with Crippen molar-refractivity contribution in [1.82, 2.24) is 9.55 Å². The maximum atomic E-state index is 10.2. The summed E-state index contributed by atoms with van der Waals surface area (Å²) >= 11 is 1.75. The number of hydrogen-bond acceptors (Lipinski definition) is 2. The van der Waals surface area contributed by atoms with Crippen LogP contribution < -0.4 is 0 Å². The van der Waals surface area contributed by atoms with Gasteiger partial charge in [-0.15, -0.1) is 0 Å². The van der Waals surface area contributed by atoms with Gasteiger partial charge < -0.3 is 4.57 Å². The van der Waals surface area contributed by atoms with Crippen molar-refractivity contribution < 1.29 is 5.11 Å². The van der Waals surface area contributed by atoms with E-state index in [2.05, 4.69) is 4.98 Å². The van der Waals surface area contributed by atoms with Gasteiger partial charge in [-0.3, -0.25) is 0 Å². The molecule has 0 spiro atoms. The van der Waals surface area contributed by atoms with Crippen molar-refractivity contribution in [3.63, 3.8) is 0 Å². The third-order valence-corrected chi connectivity index (χ3v) is 2.94. The van der Waals surface area contributed by atoms with E-state index in [0.29, 0.717) is 0 Å². The highest BCUT2D eigenvalue weighted by Crippen LogP contribution is 2.16. The summed E-state index contributed by atoms with van der Waals surface area (Å²) in [7, 11) is 1.99. The standard InChI is InChI=1S/C9H15N2OS/c1-11-6-5-10-9(11)13-8-4-2-3-7-12/h5-6H,2-4,7-8H2,1H3. The lowest BCUT2D eigenvalue weighted by molar-refractivity contribution is 0.186. The summed E-state index contributed by atoms with van der Waals surface area (Å²) in [5.41, 5.74) is 0. The predicted molar refractivity (Wildman–Crippen MR) is 53.3 cm³/mol. The summed E-state index contributed by atoms with van der Waals surface area (Å²) in [5.74, 6) is 1.06. The minimum Gasteiger partial charge on any atom is -0.329 e. The highest BCUT2D eigenvalue weighted by atomic mass is 32.2. The summed E-state index contributed by atoms with van der Waals surface area (Å²) in [4.78, 5) is 4.20. The van der Waals surface area contributed by atoms with Gasteiger partial charge in [0.25, 0.3) is 0 Å². The lowest BCUT2D eigenvalue weighted by Crippen LogP contribution is -1.90. The molecule has 1 heterocycles.